The van der Waals surface area contributed by atoms with Crippen LogP contribution in [0.25, 0.3) is 0 Å². The van der Waals surface area contributed by atoms with Crippen LogP contribution in [0.1, 0.15) is 32.6 Å². The van der Waals surface area contributed by atoms with Crippen molar-refractivity contribution in [3.63, 3.8) is 0 Å². The van der Waals surface area contributed by atoms with Crippen molar-refractivity contribution in [2.24, 2.45) is 11.7 Å². The standard InChI is InChI=1S/C15H23FN2/c1-15(11-17,10-12-6-5-7-12)18(2)14-9-4-3-8-13(14)16/h3-4,8-9,12H,5-7,10-11,17H2,1-2H3. The Morgan fingerprint density at radius 3 is 2.56 bits per heavy atom. The van der Waals surface area contributed by atoms with E-state index in [-0.39, 0.29) is 11.4 Å². The number of hydrogen-bond acceptors (Lipinski definition) is 2. The van der Waals surface area contributed by atoms with Crippen molar-refractivity contribution in [2.75, 3.05) is 18.5 Å². The van der Waals surface area contributed by atoms with Gasteiger partial charge in [-0.05, 0) is 31.4 Å². The van der Waals surface area contributed by atoms with Crippen LogP contribution < -0.4 is 10.6 Å². The van der Waals surface area contributed by atoms with Crippen LogP contribution in [0, 0.1) is 11.7 Å². The Labute approximate surface area is 109 Å². The van der Waals surface area contributed by atoms with Gasteiger partial charge in [0.05, 0.1) is 5.69 Å². The van der Waals surface area contributed by atoms with Gasteiger partial charge in [0.25, 0.3) is 0 Å². The summed E-state index contributed by atoms with van der Waals surface area (Å²) in [4.78, 5) is 2.01. The van der Waals surface area contributed by atoms with Crippen LogP contribution >= 0.6 is 0 Å². The third kappa shape index (κ3) is 2.51. The van der Waals surface area contributed by atoms with Crippen molar-refractivity contribution in [3.05, 3.63) is 30.1 Å². The van der Waals surface area contributed by atoms with E-state index in [0.717, 1.165) is 12.3 Å². The highest BCUT2D eigenvalue weighted by Gasteiger charge is 2.34. The van der Waals surface area contributed by atoms with Crippen molar-refractivity contribution < 1.29 is 4.39 Å². The van der Waals surface area contributed by atoms with Crippen LogP contribution in [0.4, 0.5) is 10.1 Å². The molecule has 0 saturated heterocycles. The first-order valence-electron chi connectivity index (χ1n) is 6.75. The third-order valence-electron chi connectivity index (χ3n) is 4.42. The molecule has 1 unspecified atom stereocenters. The van der Waals surface area contributed by atoms with Gasteiger partial charge in [-0.25, -0.2) is 4.39 Å². The van der Waals surface area contributed by atoms with Gasteiger partial charge in [0.1, 0.15) is 5.82 Å². The molecule has 18 heavy (non-hydrogen) atoms. The van der Waals surface area contributed by atoms with Crippen LogP contribution in [0.3, 0.4) is 0 Å². The molecular weight excluding hydrogens is 227 g/mol. The first kappa shape index (κ1) is 13.3. The molecule has 1 aliphatic carbocycles. The molecule has 3 heteroatoms. The highest BCUT2D eigenvalue weighted by molar-refractivity contribution is 5.49. The molecule has 100 valence electrons. The third-order valence-corrected chi connectivity index (χ3v) is 4.42. The van der Waals surface area contributed by atoms with Crippen LogP contribution in [0.5, 0.6) is 0 Å². The maximum Gasteiger partial charge on any atom is 0.146 e. The van der Waals surface area contributed by atoms with E-state index >= 15 is 0 Å². The Bertz CT molecular complexity index is 403. The highest BCUT2D eigenvalue weighted by Crippen LogP contribution is 2.37. The van der Waals surface area contributed by atoms with E-state index in [9.17, 15) is 4.39 Å². The summed E-state index contributed by atoms with van der Waals surface area (Å²) in [6.07, 6.45) is 4.96. The topological polar surface area (TPSA) is 29.3 Å². The maximum absolute atomic E-state index is 13.9. The quantitative estimate of drug-likeness (QED) is 0.869. The minimum absolute atomic E-state index is 0.159. The summed E-state index contributed by atoms with van der Waals surface area (Å²) in [5, 5.41) is 0. The number of nitrogens with zero attached hydrogens (tertiary/aromatic N) is 1. The lowest BCUT2D eigenvalue weighted by Crippen LogP contribution is -2.52. The lowest BCUT2D eigenvalue weighted by Gasteiger charge is -2.44. The molecule has 0 spiro atoms. The van der Waals surface area contributed by atoms with Crippen LogP contribution in [-0.4, -0.2) is 19.1 Å². The summed E-state index contributed by atoms with van der Waals surface area (Å²) in [7, 11) is 1.95. The number of anilines is 1. The Morgan fingerprint density at radius 2 is 2.06 bits per heavy atom. The van der Waals surface area contributed by atoms with Crippen molar-refractivity contribution >= 4 is 5.69 Å². The van der Waals surface area contributed by atoms with Gasteiger partial charge in [0, 0.05) is 19.1 Å². The fourth-order valence-corrected chi connectivity index (χ4v) is 2.69. The molecule has 2 rings (SSSR count). The van der Waals surface area contributed by atoms with E-state index in [2.05, 4.69) is 6.92 Å². The minimum Gasteiger partial charge on any atom is -0.366 e. The average Bonchev–Trinajstić information content (AvgIpc) is 2.33. The number of likely N-dealkylation sites (N-methyl/N-ethyl adjacent to an activating group) is 1. The number of rotatable bonds is 5. The zero-order valence-corrected chi connectivity index (χ0v) is 11.3. The number of halogens is 1. The molecule has 1 aliphatic rings. The van der Waals surface area contributed by atoms with Crippen LogP contribution in [0.2, 0.25) is 0 Å². The molecule has 1 aromatic rings. The van der Waals surface area contributed by atoms with Crippen molar-refractivity contribution in [1.29, 1.82) is 0 Å². The Kier molecular flexibility index (Phi) is 3.91. The smallest absolute Gasteiger partial charge is 0.146 e. The average molecular weight is 250 g/mol. The summed E-state index contributed by atoms with van der Waals surface area (Å²) in [5.41, 5.74) is 6.44. The van der Waals surface area contributed by atoms with Gasteiger partial charge in [-0.2, -0.15) is 0 Å². The molecule has 0 radical (unpaired) electrons. The van der Waals surface area contributed by atoms with E-state index in [4.69, 9.17) is 5.73 Å². The molecule has 2 nitrogen and oxygen atoms in total. The second-order valence-corrected chi connectivity index (χ2v) is 5.71. The zero-order valence-electron chi connectivity index (χ0n) is 11.3. The van der Waals surface area contributed by atoms with Crippen molar-refractivity contribution in [1.82, 2.24) is 0 Å². The Morgan fingerprint density at radius 1 is 1.39 bits per heavy atom. The molecule has 0 aromatic heterocycles. The summed E-state index contributed by atoms with van der Waals surface area (Å²) < 4.78 is 13.9. The number of nitrogens with two attached hydrogens (primary N) is 1. The zero-order chi connectivity index (χ0) is 13.2. The monoisotopic (exact) mass is 250 g/mol. The molecular formula is C15H23FN2. The number of hydrogen-bond donors (Lipinski definition) is 1. The number of benzene rings is 1. The molecule has 0 bridgehead atoms. The molecule has 1 aromatic carbocycles. The van der Waals surface area contributed by atoms with Gasteiger partial charge in [0.2, 0.25) is 0 Å². The van der Waals surface area contributed by atoms with Crippen LogP contribution in [0.15, 0.2) is 24.3 Å². The molecule has 2 N–H and O–H groups in total. The molecule has 1 fully saturated rings. The molecule has 1 saturated carbocycles. The van der Waals surface area contributed by atoms with E-state index in [1.165, 1.54) is 25.3 Å². The van der Waals surface area contributed by atoms with Crippen LogP contribution in [-0.2, 0) is 0 Å². The van der Waals surface area contributed by atoms with Gasteiger partial charge in [0.15, 0.2) is 0 Å². The maximum atomic E-state index is 13.9. The van der Waals surface area contributed by atoms with E-state index < -0.39 is 0 Å². The molecule has 0 heterocycles. The summed E-state index contributed by atoms with van der Waals surface area (Å²) >= 11 is 0. The second-order valence-electron chi connectivity index (χ2n) is 5.71. The number of para-hydroxylation sites is 1. The summed E-state index contributed by atoms with van der Waals surface area (Å²) in [5.74, 6) is 0.584. The van der Waals surface area contributed by atoms with E-state index in [0.29, 0.717) is 12.2 Å². The van der Waals surface area contributed by atoms with Crippen molar-refractivity contribution in [3.8, 4) is 0 Å². The minimum atomic E-state index is -0.173. The van der Waals surface area contributed by atoms with Crippen molar-refractivity contribution in [2.45, 2.75) is 38.1 Å². The SMILES string of the molecule is CN(c1ccccc1F)C(C)(CN)CC1CCC1. The first-order valence-corrected chi connectivity index (χ1v) is 6.75. The van der Waals surface area contributed by atoms with Gasteiger partial charge < -0.3 is 10.6 Å². The summed E-state index contributed by atoms with van der Waals surface area (Å²) in [6.45, 7) is 2.69. The second kappa shape index (κ2) is 5.27. The lowest BCUT2D eigenvalue weighted by atomic mass is 9.76. The normalized spacial score (nSPS) is 19.1. The van der Waals surface area contributed by atoms with E-state index in [1.54, 1.807) is 6.07 Å². The Hall–Kier alpha value is -1.09. The molecule has 0 aliphatic heterocycles. The Balaban J connectivity index is 2.17. The molecule has 1 atom stereocenters. The van der Waals surface area contributed by atoms with E-state index in [1.807, 2.05) is 24.1 Å². The fraction of sp³-hybridized carbons (Fsp3) is 0.600. The largest absolute Gasteiger partial charge is 0.366 e. The highest BCUT2D eigenvalue weighted by atomic mass is 19.1. The molecule has 0 amide bonds. The predicted molar refractivity (Wildman–Crippen MR) is 74.2 cm³/mol. The van der Waals surface area contributed by atoms with Gasteiger partial charge in [-0.15, -0.1) is 0 Å². The van der Waals surface area contributed by atoms with Gasteiger partial charge in [-0.1, -0.05) is 31.4 Å². The predicted octanol–water partition coefficient (Wildman–Crippen LogP) is 3.17. The van der Waals surface area contributed by atoms with Gasteiger partial charge in [-0.3, -0.25) is 0 Å². The van der Waals surface area contributed by atoms with Gasteiger partial charge >= 0.3 is 0 Å². The first-order chi connectivity index (χ1) is 8.57. The lowest BCUT2D eigenvalue weighted by molar-refractivity contribution is 0.232. The fourth-order valence-electron chi connectivity index (χ4n) is 2.69. The summed E-state index contributed by atoms with van der Waals surface area (Å²) in [6, 6.07) is 6.92.